The summed E-state index contributed by atoms with van der Waals surface area (Å²) in [6, 6.07) is 11.7. The topological polar surface area (TPSA) is 75.4 Å². The van der Waals surface area contributed by atoms with Gasteiger partial charge < -0.3 is 14.6 Å². The zero-order valence-corrected chi connectivity index (χ0v) is 18.0. The van der Waals surface area contributed by atoms with E-state index >= 15 is 0 Å². The van der Waals surface area contributed by atoms with Gasteiger partial charge in [-0.15, -0.1) is 0 Å². The van der Waals surface area contributed by atoms with Gasteiger partial charge in [0, 0.05) is 41.1 Å². The van der Waals surface area contributed by atoms with Gasteiger partial charge in [-0.05, 0) is 24.6 Å². The molecule has 2 aromatic carbocycles. The standard InChI is InChI=1S/C23H19BrFN3O3/c24-16-8-6-15(7-9-16)21(29)19-20(17-4-1-2-5-18(17)25)28(23(31)22(19)30)12-3-11-27-13-10-26-14-27/h1-2,4-10,13-14,20,29H,3,11-12H2/b21-19-. The Hall–Kier alpha value is -3.26. The zero-order chi connectivity index (χ0) is 22.0. The van der Waals surface area contributed by atoms with Gasteiger partial charge in [0.1, 0.15) is 11.6 Å². The molecule has 6 nitrogen and oxygen atoms in total. The summed E-state index contributed by atoms with van der Waals surface area (Å²) in [5.41, 5.74) is 0.434. The highest BCUT2D eigenvalue weighted by Gasteiger charge is 2.46. The van der Waals surface area contributed by atoms with Crippen LogP contribution in [0.15, 0.2) is 77.3 Å². The molecule has 1 aliphatic rings. The molecule has 0 saturated carbocycles. The van der Waals surface area contributed by atoms with E-state index in [1.165, 1.54) is 17.0 Å². The maximum absolute atomic E-state index is 14.7. The molecule has 1 aromatic heterocycles. The number of benzene rings is 2. The van der Waals surface area contributed by atoms with E-state index in [0.717, 1.165) is 4.47 Å². The van der Waals surface area contributed by atoms with Crippen LogP contribution < -0.4 is 0 Å². The number of imidazole rings is 1. The molecule has 0 spiro atoms. The Morgan fingerprint density at radius 3 is 2.52 bits per heavy atom. The third-order valence-corrected chi connectivity index (χ3v) is 5.76. The summed E-state index contributed by atoms with van der Waals surface area (Å²) in [4.78, 5) is 31.1. The summed E-state index contributed by atoms with van der Waals surface area (Å²) < 4.78 is 17.4. The number of halogens is 2. The molecule has 1 N–H and O–H groups in total. The Morgan fingerprint density at radius 1 is 1.10 bits per heavy atom. The number of carbonyl (C=O) groups is 2. The molecule has 1 aliphatic heterocycles. The van der Waals surface area contributed by atoms with Crippen molar-refractivity contribution < 1.29 is 19.1 Å². The molecule has 1 saturated heterocycles. The Kier molecular flexibility index (Phi) is 5.99. The van der Waals surface area contributed by atoms with E-state index in [9.17, 15) is 19.1 Å². The second-order valence-corrected chi connectivity index (χ2v) is 8.09. The summed E-state index contributed by atoms with van der Waals surface area (Å²) in [5.74, 6) is -2.44. The molecule has 3 aromatic rings. The van der Waals surface area contributed by atoms with E-state index in [1.807, 2.05) is 4.57 Å². The SMILES string of the molecule is O=C1C(=O)N(CCCn2ccnc2)C(c2ccccc2F)/C1=C(/O)c1ccc(Br)cc1. The summed E-state index contributed by atoms with van der Waals surface area (Å²) in [7, 11) is 0. The number of amides is 1. The molecule has 1 atom stereocenters. The Labute approximate surface area is 186 Å². The maximum atomic E-state index is 14.7. The predicted molar refractivity (Wildman–Crippen MR) is 116 cm³/mol. The van der Waals surface area contributed by atoms with Crippen molar-refractivity contribution in [3.05, 3.63) is 94.2 Å². The molecule has 0 radical (unpaired) electrons. The second kappa shape index (κ2) is 8.85. The number of aliphatic hydroxyl groups is 1. The highest BCUT2D eigenvalue weighted by molar-refractivity contribution is 9.10. The molecular weight excluding hydrogens is 465 g/mol. The predicted octanol–water partition coefficient (Wildman–Crippen LogP) is 4.30. The number of hydrogen-bond donors (Lipinski definition) is 1. The number of rotatable bonds is 6. The van der Waals surface area contributed by atoms with Crippen LogP contribution in [0.5, 0.6) is 0 Å². The van der Waals surface area contributed by atoms with Gasteiger partial charge in [-0.25, -0.2) is 9.37 Å². The van der Waals surface area contributed by atoms with Gasteiger partial charge in [0.25, 0.3) is 11.7 Å². The maximum Gasteiger partial charge on any atom is 0.295 e. The molecule has 2 heterocycles. The molecule has 4 rings (SSSR count). The van der Waals surface area contributed by atoms with Gasteiger partial charge in [-0.3, -0.25) is 9.59 Å². The minimum Gasteiger partial charge on any atom is -0.507 e. The number of ketones is 1. The molecule has 31 heavy (non-hydrogen) atoms. The summed E-state index contributed by atoms with van der Waals surface area (Å²) in [6.45, 7) is 0.804. The lowest BCUT2D eigenvalue weighted by Crippen LogP contribution is -2.31. The van der Waals surface area contributed by atoms with Crippen molar-refractivity contribution in [1.29, 1.82) is 0 Å². The zero-order valence-electron chi connectivity index (χ0n) is 16.4. The van der Waals surface area contributed by atoms with Gasteiger partial charge in [0.05, 0.1) is 17.9 Å². The van der Waals surface area contributed by atoms with Crippen molar-refractivity contribution in [3.63, 3.8) is 0 Å². The van der Waals surface area contributed by atoms with E-state index in [0.29, 0.717) is 18.5 Å². The first-order valence-corrected chi connectivity index (χ1v) is 10.5. The van der Waals surface area contributed by atoms with Crippen LogP contribution in [-0.2, 0) is 16.1 Å². The van der Waals surface area contributed by atoms with Crippen molar-refractivity contribution in [1.82, 2.24) is 14.5 Å². The highest BCUT2D eigenvalue weighted by atomic mass is 79.9. The van der Waals surface area contributed by atoms with Crippen LogP contribution in [0.2, 0.25) is 0 Å². The van der Waals surface area contributed by atoms with Crippen molar-refractivity contribution >= 4 is 33.4 Å². The number of likely N-dealkylation sites (tertiary alicyclic amines) is 1. The Morgan fingerprint density at radius 2 is 1.84 bits per heavy atom. The number of hydrogen-bond acceptors (Lipinski definition) is 4. The third-order valence-electron chi connectivity index (χ3n) is 5.23. The van der Waals surface area contributed by atoms with E-state index in [-0.39, 0.29) is 23.4 Å². The Balaban J connectivity index is 1.75. The first-order valence-electron chi connectivity index (χ1n) is 9.72. The van der Waals surface area contributed by atoms with Crippen LogP contribution in [0.25, 0.3) is 5.76 Å². The first-order chi connectivity index (χ1) is 15.0. The second-order valence-electron chi connectivity index (χ2n) is 7.17. The van der Waals surface area contributed by atoms with Crippen LogP contribution in [0.3, 0.4) is 0 Å². The van der Waals surface area contributed by atoms with E-state index in [4.69, 9.17) is 0 Å². The van der Waals surface area contributed by atoms with Crippen LogP contribution in [0.4, 0.5) is 4.39 Å². The average Bonchev–Trinajstić information content (AvgIpc) is 3.36. The number of aromatic nitrogens is 2. The quantitative estimate of drug-likeness (QED) is 0.322. The number of aliphatic hydroxyl groups excluding tert-OH is 1. The van der Waals surface area contributed by atoms with Gasteiger partial charge >= 0.3 is 0 Å². The van der Waals surface area contributed by atoms with Gasteiger partial charge in [-0.1, -0.05) is 46.3 Å². The molecule has 0 aliphatic carbocycles. The molecule has 0 bridgehead atoms. The highest BCUT2D eigenvalue weighted by Crippen LogP contribution is 2.40. The van der Waals surface area contributed by atoms with E-state index in [1.54, 1.807) is 55.1 Å². The molecule has 1 amide bonds. The number of carbonyl (C=O) groups excluding carboxylic acids is 2. The average molecular weight is 484 g/mol. The fourth-order valence-electron chi connectivity index (χ4n) is 3.74. The summed E-state index contributed by atoms with van der Waals surface area (Å²) >= 11 is 3.33. The van der Waals surface area contributed by atoms with Crippen LogP contribution in [0, 0.1) is 5.82 Å². The van der Waals surface area contributed by atoms with Crippen LogP contribution >= 0.6 is 15.9 Å². The number of Topliss-reactive ketones (excluding diaryl/α,β-unsaturated/α-hetero) is 1. The normalized spacial score (nSPS) is 18.0. The molecule has 1 fully saturated rings. The lowest BCUT2D eigenvalue weighted by molar-refractivity contribution is -0.140. The van der Waals surface area contributed by atoms with E-state index in [2.05, 4.69) is 20.9 Å². The van der Waals surface area contributed by atoms with Crippen LogP contribution in [-0.4, -0.2) is 37.8 Å². The Bertz CT molecular complexity index is 1140. The molecule has 1 unspecified atom stereocenters. The fraction of sp³-hybridized carbons (Fsp3) is 0.174. The lowest BCUT2D eigenvalue weighted by atomic mass is 9.95. The minimum absolute atomic E-state index is 0.111. The molecule has 158 valence electrons. The number of aryl methyl sites for hydroxylation is 1. The summed E-state index contributed by atoms with van der Waals surface area (Å²) in [6.07, 6.45) is 5.66. The smallest absolute Gasteiger partial charge is 0.295 e. The summed E-state index contributed by atoms with van der Waals surface area (Å²) in [5, 5.41) is 10.9. The minimum atomic E-state index is -1.01. The van der Waals surface area contributed by atoms with Crippen molar-refractivity contribution in [2.45, 2.75) is 19.0 Å². The van der Waals surface area contributed by atoms with Crippen molar-refractivity contribution in [2.24, 2.45) is 0 Å². The fourth-order valence-corrected chi connectivity index (χ4v) is 4.00. The van der Waals surface area contributed by atoms with Gasteiger partial charge in [0.2, 0.25) is 0 Å². The van der Waals surface area contributed by atoms with Crippen LogP contribution in [0.1, 0.15) is 23.6 Å². The largest absolute Gasteiger partial charge is 0.507 e. The molecule has 8 heteroatoms. The van der Waals surface area contributed by atoms with Gasteiger partial charge in [0.15, 0.2) is 0 Å². The first kappa shape index (κ1) is 21.0. The van der Waals surface area contributed by atoms with Gasteiger partial charge in [-0.2, -0.15) is 0 Å². The third kappa shape index (κ3) is 4.16. The van der Waals surface area contributed by atoms with Crippen molar-refractivity contribution in [2.75, 3.05) is 6.54 Å². The van der Waals surface area contributed by atoms with Crippen molar-refractivity contribution in [3.8, 4) is 0 Å². The van der Waals surface area contributed by atoms with E-state index < -0.39 is 23.5 Å². The molecular formula is C23H19BrFN3O3. The number of nitrogens with zero attached hydrogens (tertiary/aromatic N) is 3. The lowest BCUT2D eigenvalue weighted by Gasteiger charge is -2.25. The monoisotopic (exact) mass is 483 g/mol.